The van der Waals surface area contributed by atoms with Crippen molar-refractivity contribution in [2.24, 2.45) is 0 Å². The van der Waals surface area contributed by atoms with Crippen molar-refractivity contribution in [1.29, 1.82) is 0 Å². The minimum absolute atomic E-state index is 0. The zero-order valence-corrected chi connectivity index (χ0v) is 69.7. The van der Waals surface area contributed by atoms with Crippen LogP contribution in [0.3, 0.4) is 0 Å². The van der Waals surface area contributed by atoms with Crippen LogP contribution in [0.1, 0.15) is 103 Å². The molecule has 25 heteroatoms. The van der Waals surface area contributed by atoms with Crippen LogP contribution in [0.4, 0.5) is 46.0 Å². The number of carbonyl (C=O) groups is 2. The van der Waals surface area contributed by atoms with Crippen molar-refractivity contribution < 1.29 is 37.9 Å². The number of para-hydroxylation sites is 1. The zero-order chi connectivity index (χ0) is 76.3. The molecule has 4 aliphatic rings. The van der Waals surface area contributed by atoms with Crippen LogP contribution < -0.4 is 60.5 Å². The largest absolute Gasteiger partial charge is 1.00 e. The summed E-state index contributed by atoms with van der Waals surface area (Å²) in [7, 11) is 2.05. The molecule has 20 nitrogen and oxygen atoms in total. The summed E-state index contributed by atoms with van der Waals surface area (Å²) in [5.74, 6) is 0.449. The van der Waals surface area contributed by atoms with Crippen molar-refractivity contribution in [1.82, 2.24) is 45.2 Å². The summed E-state index contributed by atoms with van der Waals surface area (Å²) in [6.07, 6.45) is 31.4. The van der Waals surface area contributed by atoms with Gasteiger partial charge in [0.2, 0.25) is 11.9 Å². The van der Waals surface area contributed by atoms with Crippen LogP contribution in [0.5, 0.6) is 0 Å². The van der Waals surface area contributed by atoms with Crippen molar-refractivity contribution in [2.45, 2.75) is 136 Å². The molecule has 2 amide bonds. The Morgan fingerprint density at radius 2 is 1.03 bits per heavy atom. The number of amides is 2. The first-order valence-electron chi connectivity index (χ1n) is 37.6. The van der Waals surface area contributed by atoms with Gasteiger partial charge in [0.25, 0.3) is 11.8 Å². The summed E-state index contributed by atoms with van der Waals surface area (Å²) in [6, 6.07) is 44.6. The Hall–Kier alpha value is -8.44. The number of halogens is 1. The van der Waals surface area contributed by atoms with E-state index in [1.54, 1.807) is 67.1 Å². The second-order valence-electron chi connectivity index (χ2n) is 29.4. The van der Waals surface area contributed by atoms with Crippen molar-refractivity contribution in [3.8, 4) is 33.6 Å². The van der Waals surface area contributed by atoms with Gasteiger partial charge < -0.3 is 50.5 Å². The molecule has 5 N–H and O–H groups in total. The molecule has 10 aromatic rings. The summed E-state index contributed by atoms with van der Waals surface area (Å²) >= 11 is 3.33. The molecular weight excluding hydrogens is 1480 g/mol. The Balaban J connectivity index is 0.000000188. The molecule has 0 spiro atoms. The number of benzene rings is 4. The Labute approximate surface area is 676 Å². The maximum atomic E-state index is 13.0. The maximum Gasteiger partial charge on any atom is 1.00 e. The van der Waals surface area contributed by atoms with Crippen LogP contribution >= 0.6 is 23.9 Å². The zero-order valence-electron chi connectivity index (χ0n) is 65.2. The molecule has 2 saturated carbocycles. The molecule has 0 atom stereocenters. The second-order valence-corrected chi connectivity index (χ2v) is 42.6. The van der Waals surface area contributed by atoms with Gasteiger partial charge in [-0.2, -0.15) is 0 Å². The first-order chi connectivity index (χ1) is 52.2. The summed E-state index contributed by atoms with van der Waals surface area (Å²) < 4.78 is 16.0. The van der Waals surface area contributed by atoms with Gasteiger partial charge in [-0.3, -0.25) is 29.5 Å². The van der Waals surface area contributed by atoms with Crippen LogP contribution in [0, 0.1) is 13.8 Å². The first-order valence-corrected chi connectivity index (χ1v) is 46.8. The molecule has 0 radical (unpaired) electrons. The number of anilines is 8. The van der Waals surface area contributed by atoms with Crippen LogP contribution in [0.2, 0.25) is 39.3 Å². The molecule has 8 heterocycles. The number of nitrogens with one attached hydrogen (secondary N) is 5. The van der Waals surface area contributed by atoms with Gasteiger partial charge in [-0.05, 0) is 168 Å². The second kappa shape index (κ2) is 44.0. The number of hydrogen-bond acceptors (Lipinski definition) is 17. The van der Waals surface area contributed by atoms with Crippen molar-refractivity contribution in [2.75, 3.05) is 97.8 Å². The van der Waals surface area contributed by atoms with E-state index in [1.807, 2.05) is 92.7 Å². The molecule has 4 aromatic carbocycles. The number of rotatable bonds is 18. The summed E-state index contributed by atoms with van der Waals surface area (Å²) in [5, 5.41) is 17.2. The minimum atomic E-state index is -1.11. The molecule has 2 saturated heterocycles. The predicted octanol–water partition coefficient (Wildman–Crippen LogP) is 16.5. The number of aryl methyl sites for hydroxylation is 2. The van der Waals surface area contributed by atoms with E-state index < -0.39 is 16.5 Å². The SMILES string of the molecule is C.C1COCCN1.CN(C)c1ccccc1-c1ccccc1P(C1CCCCC1)C1CCCCC1.C[Si](C)(C)[N-][Si](C)(C)C.Cc1ccc(NC(=O)c2cncc(Br)c2)cc1Nc1nccc(-c2cccnc2)n1.Cc1ccc(NC(=O)c2cncc(N3CCOCC3)c2)cc1Nc1nccc(-c2cccnc2)n1.[Li+]. The molecule has 6 aromatic heterocycles. The number of hydrogen-bond donors (Lipinski definition) is 5. The molecule has 574 valence electrons. The van der Waals surface area contributed by atoms with Gasteiger partial charge in [-0.15, -0.1) is 0 Å². The molecule has 0 bridgehead atoms. The van der Waals surface area contributed by atoms with Gasteiger partial charge in [-0.25, -0.2) is 19.9 Å². The van der Waals surface area contributed by atoms with Gasteiger partial charge in [0, 0.05) is 146 Å². The molecule has 2 aliphatic carbocycles. The third-order valence-corrected chi connectivity index (χ3v) is 27.7. The maximum absolute atomic E-state index is 13.0. The Morgan fingerprint density at radius 1 is 0.545 bits per heavy atom. The van der Waals surface area contributed by atoms with E-state index in [2.05, 4.69) is 194 Å². The van der Waals surface area contributed by atoms with Crippen LogP contribution in [-0.4, -0.2) is 146 Å². The average molecular weight is 1590 g/mol. The fraction of sp³-hybridized carbons (Fsp3) is 0.365. The number of morpholine rings is 2. The third-order valence-electron chi connectivity index (χ3n) is 18.4. The molecule has 2 aliphatic heterocycles. The van der Waals surface area contributed by atoms with Crippen LogP contribution in [-0.2, 0) is 9.47 Å². The van der Waals surface area contributed by atoms with Crippen molar-refractivity contribution in [3.63, 3.8) is 0 Å². The fourth-order valence-corrected chi connectivity index (χ4v) is 25.9. The smallest absolute Gasteiger partial charge is 0.668 e. The third kappa shape index (κ3) is 27.5. The Morgan fingerprint density at radius 3 is 1.48 bits per heavy atom. The van der Waals surface area contributed by atoms with Gasteiger partial charge in [0.15, 0.2) is 0 Å². The molecule has 14 rings (SSSR count). The summed E-state index contributed by atoms with van der Waals surface area (Å²) in [5.41, 5.74) is 16.3. The number of nitrogens with zero attached hydrogens (tertiary/aromatic N) is 11. The predicted molar refractivity (Wildman–Crippen MR) is 462 cm³/mol. The van der Waals surface area contributed by atoms with Gasteiger partial charge in [0.1, 0.15) is 0 Å². The van der Waals surface area contributed by atoms with E-state index in [0.29, 0.717) is 47.6 Å². The molecular formula is C85H109BrLiN16O4PSi2. The minimum Gasteiger partial charge on any atom is -0.668 e. The van der Waals surface area contributed by atoms with Gasteiger partial charge in [0.05, 0.1) is 60.8 Å². The normalized spacial score (nSPS) is 14.4. The van der Waals surface area contributed by atoms with E-state index >= 15 is 0 Å². The number of pyridine rings is 4. The molecule has 0 unspecified atom stereocenters. The quantitative estimate of drug-likeness (QED) is 0.0397. The van der Waals surface area contributed by atoms with Crippen LogP contribution in [0.25, 0.3) is 38.3 Å². The standard InChI is InChI=1S/C26H25N7O2.C26H36NP.C22H17BrN6O.C6H18NSi2.C4H9NO.CH4.Li/c1-18-4-5-21(30-25(34)20-13-22(17-28-16-20)33-9-11-35-12-10-33)14-24(18)32-26-29-8-6-23(31-26)19-3-2-7-27-15-19;1-27(2)25-19-11-9-17-23(25)24-18-10-12-20-26(24)28(21-13-5-3-6-14-21)22-15-7-4-8-16-22;1-14-4-5-18(27-21(30)16-9-17(23)13-25-12-16)10-20(14)29-22-26-8-6-19(28-22)15-3-2-7-24-11-15;1-8(2,3)7-9(4,5)6;1-3-6-4-2-5-1;;/h2-8,13-17H,9-12H2,1H3,(H,30,34)(H,29,31,32);9-12,17-22H,3-8,13-16H2,1-2H3;2-13H,1H3,(H,27,30)(H,26,28,29);1-6H3;5H,1-4H2;1H4;/q;;;-1;;;+1. The monoisotopic (exact) mass is 1590 g/mol. The molecule has 4 fully saturated rings. The van der Waals surface area contributed by atoms with E-state index in [-0.39, 0.29) is 46.0 Å². The van der Waals surface area contributed by atoms with E-state index in [1.165, 1.54) is 87.2 Å². The number of carbonyl (C=O) groups excluding carboxylic acids is 2. The number of ether oxygens (including phenoxy) is 2. The number of aromatic nitrogens is 8. The van der Waals surface area contributed by atoms with Gasteiger partial charge in [-0.1, -0.05) is 164 Å². The summed E-state index contributed by atoms with van der Waals surface area (Å²) in [6.45, 7) is 24.5. The topological polar surface area (TPSA) is 236 Å². The fourth-order valence-electron chi connectivity index (χ4n) is 13.5. The Kier molecular flexibility index (Phi) is 34.8. The van der Waals surface area contributed by atoms with E-state index in [4.69, 9.17) is 14.1 Å². The van der Waals surface area contributed by atoms with Gasteiger partial charge >= 0.3 is 18.9 Å². The first kappa shape index (κ1) is 87.1. The van der Waals surface area contributed by atoms with E-state index in [0.717, 1.165) is 106 Å². The molecule has 110 heavy (non-hydrogen) atoms. The Bertz CT molecular complexity index is 4450. The van der Waals surface area contributed by atoms with Crippen molar-refractivity contribution in [3.05, 3.63) is 227 Å². The van der Waals surface area contributed by atoms with E-state index in [9.17, 15) is 9.59 Å². The van der Waals surface area contributed by atoms with Crippen molar-refractivity contribution >= 4 is 103 Å². The summed E-state index contributed by atoms with van der Waals surface area (Å²) in [4.78, 5) is 64.3. The average Bonchev–Trinajstić information content (AvgIpc) is 0.779. The van der Waals surface area contributed by atoms with Crippen LogP contribution in [0.15, 0.2) is 200 Å².